The van der Waals surface area contributed by atoms with Crippen molar-refractivity contribution in [1.82, 2.24) is 4.57 Å². The van der Waals surface area contributed by atoms with Crippen LogP contribution in [0.15, 0.2) is 49.3 Å². The number of hydrogen-bond acceptors (Lipinski definition) is 6. The number of fused-ring (bicyclic) bond motifs is 2. The van der Waals surface area contributed by atoms with Crippen molar-refractivity contribution >= 4 is 35.1 Å². The van der Waals surface area contributed by atoms with E-state index in [1.54, 1.807) is 17.0 Å². The molecule has 0 atom stereocenters. The van der Waals surface area contributed by atoms with E-state index >= 15 is 0 Å². The molecule has 0 bridgehead atoms. The number of carboxylic acids is 1. The monoisotopic (exact) mass is 503 g/mol. The van der Waals surface area contributed by atoms with Crippen molar-refractivity contribution in [1.29, 1.82) is 0 Å². The minimum absolute atomic E-state index is 0.0506. The SMILES string of the molecule is C=C(O)C[n+]1cc(C(=O)OC)c2c(c1)C(C)=C/C2=C\c1cc(C)c2cn(CC(=O)O)cc(C(=O)OC)c1-2. The smallest absolute Gasteiger partial charge is 0.344 e. The highest BCUT2D eigenvalue weighted by molar-refractivity contribution is 6.10. The van der Waals surface area contributed by atoms with Gasteiger partial charge in [-0.05, 0) is 42.2 Å². The Labute approximate surface area is 213 Å². The van der Waals surface area contributed by atoms with Crippen molar-refractivity contribution in [3.05, 3.63) is 82.6 Å². The topological polar surface area (TPSA) is 119 Å². The fourth-order valence-electron chi connectivity index (χ4n) is 4.75. The lowest BCUT2D eigenvalue weighted by Crippen LogP contribution is -2.36. The van der Waals surface area contributed by atoms with E-state index in [4.69, 9.17) is 9.47 Å². The first-order chi connectivity index (χ1) is 17.5. The van der Waals surface area contributed by atoms with Gasteiger partial charge in [0, 0.05) is 29.1 Å². The van der Waals surface area contributed by atoms with Crippen LogP contribution in [0.2, 0.25) is 0 Å². The van der Waals surface area contributed by atoms with Crippen LogP contribution in [0.4, 0.5) is 0 Å². The zero-order valence-electron chi connectivity index (χ0n) is 21.0. The Morgan fingerprint density at radius 1 is 1.00 bits per heavy atom. The van der Waals surface area contributed by atoms with Gasteiger partial charge in [-0.3, -0.25) is 4.79 Å². The summed E-state index contributed by atoms with van der Waals surface area (Å²) in [6.07, 6.45) is 10.4. The van der Waals surface area contributed by atoms with E-state index in [1.165, 1.54) is 25.0 Å². The fraction of sp³-hybridized carbons (Fsp3) is 0.214. The van der Waals surface area contributed by atoms with Gasteiger partial charge in [-0.25, -0.2) is 9.59 Å². The third-order valence-electron chi connectivity index (χ3n) is 6.23. The predicted octanol–water partition coefficient (Wildman–Crippen LogP) is 3.88. The summed E-state index contributed by atoms with van der Waals surface area (Å²) < 4.78 is 13.2. The van der Waals surface area contributed by atoms with Crippen LogP contribution in [0.1, 0.15) is 49.9 Å². The van der Waals surface area contributed by atoms with E-state index in [0.29, 0.717) is 16.7 Å². The molecule has 9 heteroatoms. The van der Waals surface area contributed by atoms with Crippen LogP contribution in [0.5, 0.6) is 0 Å². The second-order valence-corrected chi connectivity index (χ2v) is 8.92. The van der Waals surface area contributed by atoms with Crippen molar-refractivity contribution in [2.75, 3.05) is 14.2 Å². The summed E-state index contributed by atoms with van der Waals surface area (Å²) >= 11 is 0. The summed E-state index contributed by atoms with van der Waals surface area (Å²) in [6, 6.07) is 1.91. The number of hydrogen-bond donors (Lipinski definition) is 2. The van der Waals surface area contributed by atoms with E-state index in [0.717, 1.165) is 33.4 Å². The molecule has 0 amide bonds. The second kappa shape index (κ2) is 9.77. The highest BCUT2D eigenvalue weighted by Gasteiger charge is 2.30. The van der Waals surface area contributed by atoms with E-state index in [2.05, 4.69) is 6.58 Å². The second-order valence-electron chi connectivity index (χ2n) is 8.92. The zero-order chi connectivity index (χ0) is 27.0. The first kappa shape index (κ1) is 25.4. The summed E-state index contributed by atoms with van der Waals surface area (Å²) in [4.78, 5) is 36.8. The average Bonchev–Trinajstić information content (AvgIpc) is 3.32. The predicted molar refractivity (Wildman–Crippen MR) is 136 cm³/mol. The van der Waals surface area contributed by atoms with Crippen LogP contribution in [0, 0.1) is 6.92 Å². The lowest BCUT2D eigenvalue weighted by molar-refractivity contribution is -0.691. The van der Waals surface area contributed by atoms with Crippen LogP contribution < -0.4 is 4.57 Å². The summed E-state index contributed by atoms with van der Waals surface area (Å²) in [5.41, 5.74) is 6.60. The molecular formula is C28H27N2O7+. The number of aromatic nitrogens is 2. The molecule has 0 saturated carbocycles. The number of pyridine rings is 2. The number of allylic oxidation sites excluding steroid dienone is 4. The molecule has 2 aliphatic carbocycles. The highest BCUT2D eigenvalue weighted by Crippen LogP contribution is 2.42. The number of aliphatic hydroxyl groups is 1. The molecule has 1 aliphatic heterocycles. The maximum atomic E-state index is 12.8. The molecule has 0 aromatic carbocycles. The third kappa shape index (κ3) is 4.75. The molecule has 37 heavy (non-hydrogen) atoms. The number of aliphatic hydroxyl groups excluding tert-OH is 1. The van der Waals surface area contributed by atoms with Gasteiger partial charge in [-0.2, -0.15) is 4.57 Å². The fourth-order valence-corrected chi connectivity index (χ4v) is 4.75. The van der Waals surface area contributed by atoms with Crippen LogP contribution in [0.25, 0.3) is 28.3 Å². The normalized spacial score (nSPS) is 13.4. The molecule has 0 spiro atoms. The number of ether oxygens (including phenoxy) is 2. The van der Waals surface area contributed by atoms with Gasteiger partial charge in [-0.1, -0.05) is 18.7 Å². The molecule has 9 nitrogen and oxygen atoms in total. The Morgan fingerprint density at radius 2 is 1.68 bits per heavy atom. The van der Waals surface area contributed by atoms with E-state index in [1.807, 2.05) is 38.3 Å². The van der Waals surface area contributed by atoms with Crippen molar-refractivity contribution < 1.29 is 38.6 Å². The lowest BCUT2D eigenvalue weighted by atomic mass is 9.96. The van der Waals surface area contributed by atoms with Gasteiger partial charge in [-0.15, -0.1) is 0 Å². The molecule has 3 aliphatic rings. The third-order valence-corrected chi connectivity index (χ3v) is 6.23. The minimum atomic E-state index is -1.03. The van der Waals surface area contributed by atoms with Crippen LogP contribution >= 0.6 is 0 Å². The maximum absolute atomic E-state index is 12.8. The Bertz CT molecular complexity index is 1510. The van der Waals surface area contributed by atoms with E-state index in [-0.39, 0.29) is 24.4 Å². The Balaban J connectivity index is 1.96. The molecule has 0 unspecified atom stereocenters. The molecular weight excluding hydrogens is 476 g/mol. The number of methoxy groups -OCH3 is 2. The zero-order valence-corrected chi connectivity index (χ0v) is 21.0. The number of rotatable bonds is 7. The van der Waals surface area contributed by atoms with Gasteiger partial charge >= 0.3 is 17.9 Å². The molecule has 1 aromatic heterocycles. The molecule has 2 heterocycles. The Morgan fingerprint density at radius 3 is 2.30 bits per heavy atom. The van der Waals surface area contributed by atoms with Gasteiger partial charge in [0.15, 0.2) is 18.2 Å². The van der Waals surface area contributed by atoms with Gasteiger partial charge in [0.1, 0.15) is 12.1 Å². The van der Waals surface area contributed by atoms with Crippen LogP contribution in [-0.2, 0) is 27.4 Å². The first-order valence-electron chi connectivity index (χ1n) is 11.4. The number of carbonyl (C=O) groups excluding carboxylic acids is 2. The van der Waals surface area contributed by atoms with E-state index in [9.17, 15) is 24.6 Å². The molecule has 1 aromatic rings. The molecule has 190 valence electrons. The molecule has 0 fully saturated rings. The number of nitrogens with zero attached hydrogens (tertiary/aromatic N) is 2. The first-order valence-corrected chi connectivity index (χ1v) is 11.4. The molecule has 2 N–H and O–H groups in total. The van der Waals surface area contributed by atoms with Crippen molar-refractivity contribution in [3.8, 4) is 11.1 Å². The number of esters is 2. The quantitative estimate of drug-likeness (QED) is 0.285. The lowest BCUT2D eigenvalue weighted by Gasteiger charge is -2.14. The van der Waals surface area contributed by atoms with Crippen molar-refractivity contribution in [2.24, 2.45) is 0 Å². The Kier molecular flexibility index (Phi) is 6.72. The van der Waals surface area contributed by atoms with Crippen LogP contribution in [0.3, 0.4) is 0 Å². The van der Waals surface area contributed by atoms with Gasteiger partial charge < -0.3 is 24.3 Å². The van der Waals surface area contributed by atoms with Crippen LogP contribution in [-0.4, -0.2) is 46.9 Å². The number of carboxylic acid groups (broad SMARTS) is 1. The summed E-state index contributed by atoms with van der Waals surface area (Å²) in [5, 5.41) is 18.9. The highest BCUT2D eigenvalue weighted by atomic mass is 16.5. The molecule has 0 radical (unpaired) electrons. The summed E-state index contributed by atoms with van der Waals surface area (Å²) in [5.74, 6) is -2.21. The van der Waals surface area contributed by atoms with E-state index < -0.39 is 17.9 Å². The van der Waals surface area contributed by atoms with Crippen molar-refractivity contribution in [2.45, 2.75) is 26.9 Å². The standard InChI is InChI=1S/C28H26N2O7/c1-15-6-18(25-20(15)10-29(9-17(3)31)12-22(25)27(34)36-4)8-19-7-16(2)21-11-30(14-24(32)33)13-23(26(19)21)28(35)37-5/h6-8,10-13H,3,9,14H2,1-2,4-5H3,(H-,31,32,33)/p+1. The maximum Gasteiger partial charge on any atom is 0.344 e. The number of carbonyl (C=O) groups is 3. The minimum Gasteiger partial charge on any atom is -0.506 e. The van der Waals surface area contributed by atoms with Crippen molar-refractivity contribution in [3.63, 3.8) is 0 Å². The largest absolute Gasteiger partial charge is 0.506 e. The van der Waals surface area contributed by atoms with Gasteiger partial charge in [0.05, 0.1) is 25.3 Å². The average molecular weight is 504 g/mol. The van der Waals surface area contributed by atoms with Gasteiger partial charge in [0.25, 0.3) is 0 Å². The number of aryl methyl sites for hydroxylation is 1. The molecule has 4 rings (SSSR count). The van der Waals surface area contributed by atoms with Gasteiger partial charge in [0.2, 0.25) is 6.54 Å². The summed E-state index contributed by atoms with van der Waals surface area (Å²) in [6.45, 7) is 7.14. The summed E-state index contributed by atoms with van der Waals surface area (Å²) in [7, 11) is 2.58. The molecule has 0 saturated heterocycles. The number of aliphatic carboxylic acids is 1. The Hall–Kier alpha value is -4.66.